The Hall–Kier alpha value is -2.83. The Bertz CT molecular complexity index is 723. The van der Waals surface area contributed by atoms with E-state index in [-0.39, 0.29) is 10.6 Å². The molecule has 0 atom stereocenters. The van der Waals surface area contributed by atoms with Gasteiger partial charge in [0.1, 0.15) is 0 Å². The van der Waals surface area contributed by atoms with Gasteiger partial charge < -0.3 is 14.8 Å². The maximum atomic E-state index is 10.9. The van der Waals surface area contributed by atoms with Crippen LogP contribution in [-0.4, -0.2) is 33.9 Å². The molecule has 7 heteroatoms. The molecule has 0 unspecified atom stereocenters. The van der Waals surface area contributed by atoms with Gasteiger partial charge in [0.2, 0.25) is 0 Å². The zero-order chi connectivity index (χ0) is 17.5. The maximum absolute atomic E-state index is 10.9. The number of aromatic nitrogens is 1. The highest BCUT2D eigenvalue weighted by Crippen LogP contribution is 2.14. The van der Waals surface area contributed by atoms with E-state index in [0.717, 1.165) is 24.6 Å². The number of guanidine groups is 1. The van der Waals surface area contributed by atoms with Gasteiger partial charge in [-0.05, 0) is 24.6 Å². The van der Waals surface area contributed by atoms with Crippen molar-refractivity contribution in [3.63, 3.8) is 0 Å². The first-order valence-electron chi connectivity index (χ1n) is 7.84. The fourth-order valence-corrected chi connectivity index (χ4v) is 2.38. The second-order valence-electron chi connectivity index (χ2n) is 5.56. The molecule has 2 aromatic rings. The molecule has 0 spiro atoms. The number of non-ortho nitro benzene ring substituents is 1. The topological polar surface area (TPSA) is 75.7 Å². The van der Waals surface area contributed by atoms with Gasteiger partial charge in [0.05, 0.1) is 18.0 Å². The van der Waals surface area contributed by atoms with Gasteiger partial charge in [-0.15, -0.1) is 0 Å². The van der Waals surface area contributed by atoms with E-state index in [1.807, 2.05) is 44.2 Å². The maximum Gasteiger partial charge on any atom is 0.269 e. The minimum absolute atomic E-state index is 0.0878. The number of nitrogens with zero attached hydrogens (tertiary/aromatic N) is 4. The van der Waals surface area contributed by atoms with Gasteiger partial charge >= 0.3 is 0 Å². The molecule has 24 heavy (non-hydrogen) atoms. The molecule has 0 fully saturated rings. The molecule has 0 saturated heterocycles. The first-order chi connectivity index (χ1) is 11.5. The summed E-state index contributed by atoms with van der Waals surface area (Å²) in [5.74, 6) is 0.769. The average Bonchev–Trinajstić information content (AvgIpc) is 2.96. The Balaban J connectivity index is 2.11. The molecule has 1 heterocycles. The number of benzene rings is 1. The molecule has 0 aliphatic heterocycles. The molecule has 0 radical (unpaired) electrons. The number of aryl methyl sites for hydroxylation is 1. The van der Waals surface area contributed by atoms with Crippen LogP contribution in [0.3, 0.4) is 0 Å². The van der Waals surface area contributed by atoms with Gasteiger partial charge in [0, 0.05) is 44.7 Å². The molecular formula is C17H23N5O2. The van der Waals surface area contributed by atoms with Crippen LogP contribution in [0.1, 0.15) is 18.2 Å². The Morgan fingerprint density at radius 1 is 1.38 bits per heavy atom. The highest BCUT2D eigenvalue weighted by atomic mass is 16.6. The number of aliphatic imine (C=N–C) groups is 1. The molecule has 128 valence electrons. The van der Waals surface area contributed by atoms with Crippen LogP contribution < -0.4 is 5.32 Å². The van der Waals surface area contributed by atoms with Crippen LogP contribution in [0.25, 0.3) is 0 Å². The van der Waals surface area contributed by atoms with Crippen molar-refractivity contribution in [1.29, 1.82) is 0 Å². The van der Waals surface area contributed by atoms with Crippen LogP contribution in [0.4, 0.5) is 5.69 Å². The van der Waals surface area contributed by atoms with Crippen molar-refractivity contribution < 1.29 is 4.92 Å². The summed E-state index contributed by atoms with van der Waals surface area (Å²) in [5.41, 5.74) is 2.08. The van der Waals surface area contributed by atoms with Gasteiger partial charge in [-0.1, -0.05) is 12.1 Å². The molecule has 7 nitrogen and oxygen atoms in total. The van der Waals surface area contributed by atoms with Crippen LogP contribution in [-0.2, 0) is 20.1 Å². The van der Waals surface area contributed by atoms with Crippen molar-refractivity contribution in [3.05, 3.63) is 64.0 Å². The number of hydrogen-bond donors (Lipinski definition) is 1. The summed E-state index contributed by atoms with van der Waals surface area (Å²) < 4.78 is 2.07. The van der Waals surface area contributed by atoms with Gasteiger partial charge in [0.15, 0.2) is 5.96 Å². The summed E-state index contributed by atoms with van der Waals surface area (Å²) in [4.78, 5) is 17.1. The zero-order valence-corrected chi connectivity index (χ0v) is 14.3. The molecule has 1 aromatic carbocycles. The molecular weight excluding hydrogens is 306 g/mol. The Kier molecular flexibility index (Phi) is 5.95. The fraction of sp³-hybridized carbons (Fsp3) is 0.353. The smallest absolute Gasteiger partial charge is 0.269 e. The summed E-state index contributed by atoms with van der Waals surface area (Å²) in [7, 11) is 3.98. The van der Waals surface area contributed by atoms with Crippen molar-refractivity contribution in [2.75, 3.05) is 13.6 Å². The van der Waals surface area contributed by atoms with E-state index in [1.165, 1.54) is 11.8 Å². The zero-order valence-electron chi connectivity index (χ0n) is 14.3. The van der Waals surface area contributed by atoms with E-state index in [0.29, 0.717) is 6.54 Å². The van der Waals surface area contributed by atoms with Crippen LogP contribution in [0.15, 0.2) is 47.6 Å². The summed E-state index contributed by atoms with van der Waals surface area (Å²) in [5, 5.41) is 14.1. The largest absolute Gasteiger partial charge is 0.357 e. The SMILES string of the molecule is CCNC(=NCc1cccc([N+](=O)[O-])c1)N(C)Cc1cccn1C. The molecule has 0 aliphatic carbocycles. The number of nitro benzene ring substituents is 1. The third kappa shape index (κ3) is 4.58. The van der Waals surface area contributed by atoms with E-state index >= 15 is 0 Å². The van der Waals surface area contributed by atoms with Crippen molar-refractivity contribution in [3.8, 4) is 0 Å². The molecule has 0 bridgehead atoms. The lowest BCUT2D eigenvalue weighted by molar-refractivity contribution is -0.384. The minimum Gasteiger partial charge on any atom is -0.357 e. The van der Waals surface area contributed by atoms with Gasteiger partial charge in [-0.2, -0.15) is 0 Å². The number of hydrogen-bond acceptors (Lipinski definition) is 3. The summed E-state index contributed by atoms with van der Waals surface area (Å²) in [6.07, 6.45) is 2.01. The third-order valence-corrected chi connectivity index (χ3v) is 3.68. The predicted molar refractivity (Wildman–Crippen MR) is 94.8 cm³/mol. The first-order valence-corrected chi connectivity index (χ1v) is 7.84. The third-order valence-electron chi connectivity index (χ3n) is 3.68. The average molecular weight is 329 g/mol. The Morgan fingerprint density at radius 2 is 2.17 bits per heavy atom. The second kappa shape index (κ2) is 8.14. The van der Waals surface area contributed by atoms with Crippen LogP contribution >= 0.6 is 0 Å². The standard InChI is InChI=1S/C17H23N5O2/c1-4-18-17(21(3)13-16-9-6-10-20(16)2)19-12-14-7-5-8-15(11-14)22(23)24/h5-11H,4,12-13H2,1-3H3,(H,18,19). The minimum atomic E-state index is -0.389. The quantitative estimate of drug-likeness (QED) is 0.382. The molecule has 0 saturated carbocycles. The number of nitrogens with one attached hydrogen (secondary N) is 1. The highest BCUT2D eigenvalue weighted by molar-refractivity contribution is 5.79. The fourth-order valence-electron chi connectivity index (χ4n) is 2.38. The van der Waals surface area contributed by atoms with Crippen molar-refractivity contribution in [2.45, 2.75) is 20.0 Å². The Labute approximate surface area is 141 Å². The lowest BCUT2D eigenvalue weighted by Gasteiger charge is -2.22. The summed E-state index contributed by atoms with van der Waals surface area (Å²) in [6, 6.07) is 10.7. The molecule has 1 aromatic heterocycles. The lowest BCUT2D eigenvalue weighted by Crippen LogP contribution is -2.38. The van der Waals surface area contributed by atoms with Crippen molar-refractivity contribution >= 4 is 11.6 Å². The monoisotopic (exact) mass is 329 g/mol. The summed E-state index contributed by atoms with van der Waals surface area (Å²) in [6.45, 7) is 3.89. The van der Waals surface area contributed by atoms with Crippen molar-refractivity contribution in [2.24, 2.45) is 12.0 Å². The van der Waals surface area contributed by atoms with E-state index in [9.17, 15) is 10.1 Å². The van der Waals surface area contributed by atoms with Crippen LogP contribution in [0.5, 0.6) is 0 Å². The van der Waals surface area contributed by atoms with E-state index in [1.54, 1.807) is 12.1 Å². The van der Waals surface area contributed by atoms with E-state index < -0.39 is 0 Å². The van der Waals surface area contributed by atoms with Crippen LogP contribution in [0.2, 0.25) is 0 Å². The molecule has 0 amide bonds. The normalized spacial score (nSPS) is 11.4. The second-order valence-corrected chi connectivity index (χ2v) is 5.56. The molecule has 2 rings (SSSR count). The molecule has 1 N–H and O–H groups in total. The first kappa shape index (κ1) is 17.5. The van der Waals surface area contributed by atoms with Gasteiger partial charge in [-0.25, -0.2) is 4.99 Å². The molecule has 0 aliphatic rings. The number of rotatable bonds is 6. The van der Waals surface area contributed by atoms with Gasteiger partial charge in [0.25, 0.3) is 5.69 Å². The van der Waals surface area contributed by atoms with Gasteiger partial charge in [-0.3, -0.25) is 10.1 Å². The van der Waals surface area contributed by atoms with Crippen LogP contribution in [0, 0.1) is 10.1 Å². The lowest BCUT2D eigenvalue weighted by atomic mass is 10.2. The predicted octanol–water partition coefficient (Wildman–Crippen LogP) is 2.53. The highest BCUT2D eigenvalue weighted by Gasteiger charge is 2.09. The Morgan fingerprint density at radius 3 is 2.79 bits per heavy atom. The summed E-state index contributed by atoms with van der Waals surface area (Å²) >= 11 is 0. The van der Waals surface area contributed by atoms with Crippen molar-refractivity contribution in [1.82, 2.24) is 14.8 Å². The van der Waals surface area contributed by atoms with E-state index in [2.05, 4.69) is 20.9 Å². The number of nitro groups is 1. The van der Waals surface area contributed by atoms with E-state index in [4.69, 9.17) is 0 Å².